The fourth-order valence-electron chi connectivity index (χ4n) is 2.47. The third kappa shape index (κ3) is 3.06. The summed E-state index contributed by atoms with van der Waals surface area (Å²) in [6, 6.07) is 14.9. The minimum atomic E-state index is 0. The number of aliphatic imine (C=N–C) groups is 1. The minimum absolute atomic E-state index is 0. The van der Waals surface area contributed by atoms with Gasteiger partial charge in [0.05, 0.1) is 6.21 Å². The number of guanidine groups is 1. The quantitative estimate of drug-likeness (QED) is 0.434. The van der Waals surface area contributed by atoms with Gasteiger partial charge in [0, 0.05) is 7.05 Å². The summed E-state index contributed by atoms with van der Waals surface area (Å²) in [5, 5.41) is 4.06. The molecule has 3 N–H and O–H groups in total. The highest BCUT2D eigenvalue weighted by atomic mass is 35.5. The van der Waals surface area contributed by atoms with Crippen LogP contribution in [0.4, 0.5) is 0 Å². The summed E-state index contributed by atoms with van der Waals surface area (Å²) in [6.45, 7) is 0. The molecule has 4 nitrogen and oxygen atoms in total. The molecule has 5 heteroatoms. The molecule has 3 rings (SSSR count). The molecule has 21 heavy (non-hydrogen) atoms. The van der Waals surface area contributed by atoms with Gasteiger partial charge in [-0.3, -0.25) is 4.99 Å². The lowest BCUT2D eigenvalue weighted by Crippen LogP contribution is -2.26. The Labute approximate surface area is 130 Å². The number of hydrogen-bond donors (Lipinski definition) is 2. The summed E-state index contributed by atoms with van der Waals surface area (Å²) >= 11 is 0. The van der Waals surface area contributed by atoms with Crippen LogP contribution >= 0.6 is 12.4 Å². The van der Waals surface area contributed by atoms with Crippen molar-refractivity contribution in [2.45, 2.75) is 6.42 Å². The molecule has 0 atom stereocenters. The number of benzene rings is 2. The molecule has 1 aliphatic rings. The number of hydrazone groups is 1. The van der Waals surface area contributed by atoms with E-state index in [2.05, 4.69) is 58.0 Å². The van der Waals surface area contributed by atoms with Crippen molar-refractivity contribution in [1.29, 1.82) is 0 Å². The van der Waals surface area contributed by atoms with E-state index < -0.39 is 0 Å². The summed E-state index contributed by atoms with van der Waals surface area (Å²) in [5.41, 5.74) is 14.6. The van der Waals surface area contributed by atoms with Gasteiger partial charge in [-0.15, -0.1) is 12.4 Å². The number of nitrogens with zero attached hydrogens (tertiary/aromatic N) is 2. The van der Waals surface area contributed by atoms with Gasteiger partial charge in [-0.25, -0.2) is 5.43 Å². The minimum Gasteiger partial charge on any atom is -0.369 e. The summed E-state index contributed by atoms with van der Waals surface area (Å²) in [6.07, 6.45) is 2.74. The third-order valence-electron chi connectivity index (χ3n) is 3.45. The molecule has 0 bridgehead atoms. The maximum absolute atomic E-state index is 5.51. The zero-order chi connectivity index (χ0) is 13.9. The monoisotopic (exact) mass is 300 g/mol. The Morgan fingerprint density at radius 1 is 1.14 bits per heavy atom. The maximum atomic E-state index is 5.51. The highest BCUT2D eigenvalue weighted by molar-refractivity contribution is 5.86. The Balaban J connectivity index is 0.00000161. The van der Waals surface area contributed by atoms with Gasteiger partial charge in [0.15, 0.2) is 0 Å². The molecule has 1 aliphatic carbocycles. The molecule has 0 saturated carbocycles. The van der Waals surface area contributed by atoms with E-state index in [4.69, 9.17) is 5.73 Å². The molecule has 0 aliphatic heterocycles. The smallest absolute Gasteiger partial charge is 0.209 e. The van der Waals surface area contributed by atoms with Crippen molar-refractivity contribution in [1.82, 2.24) is 5.43 Å². The fraction of sp³-hybridized carbons (Fsp3) is 0.125. The SMILES string of the molecule is CN=C(N)NN=Cc1ccc2c(c1)Cc1ccccc1-2.Cl. The van der Waals surface area contributed by atoms with Crippen LogP contribution < -0.4 is 11.2 Å². The maximum Gasteiger partial charge on any atom is 0.209 e. The molecular weight excluding hydrogens is 284 g/mol. The van der Waals surface area contributed by atoms with Crippen LogP contribution in [0.2, 0.25) is 0 Å². The first-order valence-electron chi connectivity index (χ1n) is 6.50. The molecule has 108 valence electrons. The van der Waals surface area contributed by atoms with E-state index in [1.54, 1.807) is 13.3 Å². The van der Waals surface area contributed by atoms with E-state index >= 15 is 0 Å². The van der Waals surface area contributed by atoms with E-state index in [-0.39, 0.29) is 12.4 Å². The van der Waals surface area contributed by atoms with Gasteiger partial charge in [0.2, 0.25) is 5.96 Å². The van der Waals surface area contributed by atoms with E-state index in [9.17, 15) is 0 Å². The van der Waals surface area contributed by atoms with Gasteiger partial charge >= 0.3 is 0 Å². The Bertz CT molecular complexity index is 707. The fourth-order valence-corrected chi connectivity index (χ4v) is 2.47. The van der Waals surface area contributed by atoms with Crippen LogP contribution in [-0.4, -0.2) is 19.2 Å². The molecule has 0 amide bonds. The first-order chi connectivity index (χ1) is 9.78. The number of nitrogens with two attached hydrogens (primary N) is 1. The third-order valence-corrected chi connectivity index (χ3v) is 3.45. The molecule has 0 saturated heterocycles. The topological polar surface area (TPSA) is 62.8 Å². The van der Waals surface area contributed by atoms with Crippen molar-refractivity contribution in [3.8, 4) is 11.1 Å². The number of nitrogens with one attached hydrogen (secondary N) is 1. The van der Waals surface area contributed by atoms with Crippen LogP contribution in [0.3, 0.4) is 0 Å². The van der Waals surface area contributed by atoms with Gasteiger partial charge in [0.25, 0.3) is 0 Å². The lowest BCUT2D eigenvalue weighted by molar-refractivity contribution is 1.01. The zero-order valence-corrected chi connectivity index (χ0v) is 12.5. The Morgan fingerprint density at radius 2 is 1.90 bits per heavy atom. The number of fused-ring (bicyclic) bond motifs is 3. The second-order valence-corrected chi connectivity index (χ2v) is 4.73. The van der Waals surface area contributed by atoms with Crippen molar-refractivity contribution in [2.75, 3.05) is 7.05 Å². The molecule has 0 aromatic heterocycles. The molecule has 0 radical (unpaired) electrons. The highest BCUT2D eigenvalue weighted by Gasteiger charge is 2.17. The molecule has 0 spiro atoms. The van der Waals surface area contributed by atoms with E-state index in [1.807, 2.05) is 0 Å². The van der Waals surface area contributed by atoms with Crippen LogP contribution in [0, 0.1) is 0 Å². The lowest BCUT2D eigenvalue weighted by Gasteiger charge is -2.02. The molecule has 0 heterocycles. The first-order valence-corrected chi connectivity index (χ1v) is 6.50. The van der Waals surface area contributed by atoms with Crippen LogP contribution in [0.5, 0.6) is 0 Å². The molecule has 0 unspecified atom stereocenters. The van der Waals surface area contributed by atoms with Gasteiger partial charge in [0.1, 0.15) is 0 Å². The predicted molar refractivity (Wildman–Crippen MR) is 90.2 cm³/mol. The largest absolute Gasteiger partial charge is 0.369 e. The normalized spacial score (nSPS) is 12.7. The van der Waals surface area contributed by atoms with Crippen LogP contribution in [0.15, 0.2) is 52.6 Å². The van der Waals surface area contributed by atoms with E-state index in [1.165, 1.54) is 22.3 Å². The average Bonchev–Trinajstić information content (AvgIpc) is 2.84. The van der Waals surface area contributed by atoms with Crippen LogP contribution in [0.25, 0.3) is 11.1 Å². The van der Waals surface area contributed by atoms with Crippen molar-refractivity contribution < 1.29 is 0 Å². The van der Waals surface area contributed by atoms with Crippen molar-refractivity contribution in [3.05, 3.63) is 59.2 Å². The Morgan fingerprint density at radius 3 is 2.71 bits per heavy atom. The number of halogens is 1. The Kier molecular flexibility index (Phi) is 4.60. The molecule has 2 aromatic rings. The van der Waals surface area contributed by atoms with Crippen molar-refractivity contribution >= 4 is 24.6 Å². The predicted octanol–water partition coefficient (Wildman–Crippen LogP) is 2.55. The first kappa shape index (κ1) is 15.1. The van der Waals surface area contributed by atoms with Crippen LogP contribution in [-0.2, 0) is 6.42 Å². The molecule has 2 aromatic carbocycles. The van der Waals surface area contributed by atoms with Gasteiger partial charge in [-0.1, -0.05) is 36.4 Å². The van der Waals surface area contributed by atoms with Crippen molar-refractivity contribution in [3.63, 3.8) is 0 Å². The highest BCUT2D eigenvalue weighted by Crippen LogP contribution is 2.36. The summed E-state index contributed by atoms with van der Waals surface area (Å²) < 4.78 is 0. The average molecular weight is 301 g/mol. The summed E-state index contributed by atoms with van der Waals surface area (Å²) in [5.74, 6) is 0.301. The molecular formula is C16H17ClN4. The lowest BCUT2D eigenvalue weighted by atomic mass is 10.0. The second-order valence-electron chi connectivity index (χ2n) is 4.73. The second kappa shape index (κ2) is 6.41. The standard InChI is InChI=1S/C16H16N4.ClH/c1-18-16(17)20-19-10-11-6-7-15-13(8-11)9-12-4-2-3-5-14(12)15;/h2-8,10H,9H2,1H3,(H3,17,18,20);1H. The zero-order valence-electron chi connectivity index (χ0n) is 11.7. The van der Waals surface area contributed by atoms with Gasteiger partial charge in [-0.2, -0.15) is 5.10 Å². The summed E-state index contributed by atoms with van der Waals surface area (Å²) in [4.78, 5) is 3.77. The Hall–Kier alpha value is -2.33. The summed E-state index contributed by atoms with van der Waals surface area (Å²) in [7, 11) is 1.62. The van der Waals surface area contributed by atoms with E-state index in [0.717, 1.165) is 12.0 Å². The van der Waals surface area contributed by atoms with Crippen LogP contribution in [0.1, 0.15) is 16.7 Å². The van der Waals surface area contributed by atoms with Gasteiger partial charge in [-0.05, 0) is 40.3 Å². The van der Waals surface area contributed by atoms with Gasteiger partial charge < -0.3 is 5.73 Å². The number of rotatable bonds is 2. The number of hydrogen-bond acceptors (Lipinski definition) is 2. The molecule has 0 fully saturated rings. The van der Waals surface area contributed by atoms with E-state index in [0.29, 0.717) is 5.96 Å². The van der Waals surface area contributed by atoms with Crippen molar-refractivity contribution in [2.24, 2.45) is 15.8 Å².